The lowest BCUT2D eigenvalue weighted by Gasteiger charge is -1.39. The average molecular weight is 116 g/mol. The van der Waals surface area contributed by atoms with Crippen LogP contribution in [0.25, 0.3) is 0 Å². The molecule has 2 heteroatoms. The number of hydrogen-bond acceptors (Lipinski definition) is 1. The highest BCUT2D eigenvalue weighted by Gasteiger charge is 1.58. The summed E-state index contributed by atoms with van der Waals surface area (Å²) >= 11 is 1.71. The summed E-state index contributed by atoms with van der Waals surface area (Å²) in [5.41, 5.74) is 0. The summed E-state index contributed by atoms with van der Waals surface area (Å²) in [4.78, 5) is 0. The molecule has 0 aliphatic carbocycles. The molecule has 0 aliphatic heterocycles. The highest BCUT2D eigenvalue weighted by Crippen LogP contribution is 1.91. The molecule has 1 rings (SSSR count). The summed E-state index contributed by atoms with van der Waals surface area (Å²) < 4.78 is 0. The van der Waals surface area contributed by atoms with E-state index in [-0.39, 0.29) is 11.0 Å². The molecule has 0 unspecified atom stereocenters. The molecule has 0 aromatic carbocycles. The van der Waals surface area contributed by atoms with E-state index in [9.17, 15) is 0 Å². The summed E-state index contributed by atoms with van der Waals surface area (Å²) in [5, 5.41) is 4.08. The lowest BCUT2D eigenvalue weighted by atomic mass is 10.7. The lowest BCUT2D eigenvalue weighted by Crippen LogP contribution is -1.16. The Morgan fingerprint density at radius 1 is 1.00 bits per heavy atom. The van der Waals surface area contributed by atoms with Gasteiger partial charge in [0.25, 0.3) is 0 Å². The molecule has 0 radical (unpaired) electrons. The maximum Gasteiger partial charge on any atom is -0.00934 e. The van der Waals surface area contributed by atoms with E-state index in [2.05, 4.69) is 0 Å². The van der Waals surface area contributed by atoms with Crippen molar-refractivity contribution in [1.82, 2.24) is 0 Å². The highest BCUT2D eigenvalue weighted by molar-refractivity contribution is 7.07. The maximum atomic E-state index is 2.04. The van der Waals surface area contributed by atoms with Crippen LogP contribution in [0.3, 0.4) is 0 Å². The zero-order valence-corrected chi connectivity index (χ0v) is 3.53. The summed E-state index contributed by atoms with van der Waals surface area (Å²) in [6.07, 6.45) is 0. The van der Waals surface area contributed by atoms with Gasteiger partial charge in [-0.2, -0.15) is 11.3 Å². The Kier molecular flexibility index (Phi) is 3.08. The molecular weight excluding hydrogens is 108 g/mol. The van der Waals surface area contributed by atoms with Crippen molar-refractivity contribution in [2.24, 2.45) is 0 Å². The molecule has 0 N–H and O–H groups in total. The Morgan fingerprint density at radius 2 is 1.50 bits per heavy atom. The fraction of sp³-hybridized carbons (Fsp3) is 0. The van der Waals surface area contributed by atoms with E-state index < -0.39 is 0 Å². The van der Waals surface area contributed by atoms with Crippen LogP contribution >= 0.6 is 11.3 Å². The third-order valence-electron chi connectivity index (χ3n) is 0.425. The van der Waals surface area contributed by atoms with Crippen molar-refractivity contribution in [3.8, 4) is 0 Å². The lowest BCUT2D eigenvalue weighted by molar-refractivity contribution is 2.03. The quantitative estimate of drug-likeness (QED) is 0.428. The molecule has 0 atom stereocenters. The average Bonchev–Trinajstić information content (AvgIpc) is 1.76. The summed E-state index contributed by atoms with van der Waals surface area (Å²) in [6, 6.07) is 4.04. The highest BCUT2D eigenvalue weighted by atomic mass is 32.1. The standard InChI is InChI=1S/C4H4S.H4Si/c1-2-4-5-3-1;/h1-4H;1H4. The van der Waals surface area contributed by atoms with E-state index in [4.69, 9.17) is 0 Å². The van der Waals surface area contributed by atoms with Gasteiger partial charge >= 0.3 is 0 Å². The minimum absolute atomic E-state index is 0. The maximum absolute atomic E-state index is 2.04. The minimum Gasteiger partial charge on any atom is -0.152 e. The van der Waals surface area contributed by atoms with E-state index in [1.807, 2.05) is 22.9 Å². The Bertz CT molecular complexity index is 64.0. The van der Waals surface area contributed by atoms with E-state index in [1.165, 1.54) is 0 Å². The van der Waals surface area contributed by atoms with Crippen molar-refractivity contribution in [3.63, 3.8) is 0 Å². The molecule has 0 amide bonds. The number of rotatable bonds is 0. The van der Waals surface area contributed by atoms with Gasteiger partial charge in [0.1, 0.15) is 0 Å². The fourth-order valence-electron chi connectivity index (χ4n) is 0.227. The number of hydrogen-bond donors (Lipinski definition) is 0. The predicted molar refractivity (Wildman–Crippen MR) is 35.7 cm³/mol. The Hall–Kier alpha value is -0.0831. The van der Waals surface area contributed by atoms with Gasteiger partial charge in [0.2, 0.25) is 0 Å². The van der Waals surface area contributed by atoms with Crippen LogP contribution in [0.4, 0.5) is 0 Å². The first-order valence-electron chi connectivity index (χ1n) is 1.47. The van der Waals surface area contributed by atoms with Crippen LogP contribution in [0, 0.1) is 0 Å². The van der Waals surface area contributed by atoms with Gasteiger partial charge in [-0.3, -0.25) is 0 Å². The molecule has 6 heavy (non-hydrogen) atoms. The third-order valence-corrected chi connectivity index (χ3v) is 1.05. The SMILES string of the molecule is [SiH4].c1ccsc1. The zero-order valence-electron chi connectivity index (χ0n) is 2.72. The second-order valence-corrected chi connectivity index (χ2v) is 1.61. The van der Waals surface area contributed by atoms with Gasteiger partial charge in [-0.05, 0) is 21.7 Å². The molecule has 0 bridgehead atoms. The fourth-order valence-corrected chi connectivity index (χ4v) is 0.680. The molecule has 0 nitrogen and oxygen atoms in total. The first-order valence-corrected chi connectivity index (χ1v) is 2.41. The molecule has 0 aliphatic rings. The molecular formula is C4H8SSi. The minimum atomic E-state index is 0. The van der Waals surface area contributed by atoms with E-state index in [0.29, 0.717) is 0 Å². The van der Waals surface area contributed by atoms with Crippen LogP contribution < -0.4 is 0 Å². The van der Waals surface area contributed by atoms with Crippen molar-refractivity contribution in [3.05, 3.63) is 22.9 Å². The van der Waals surface area contributed by atoms with Crippen molar-refractivity contribution in [2.75, 3.05) is 0 Å². The van der Waals surface area contributed by atoms with Crippen LogP contribution in [-0.4, -0.2) is 11.0 Å². The van der Waals surface area contributed by atoms with Crippen LogP contribution in [-0.2, 0) is 0 Å². The molecule has 0 spiro atoms. The predicted octanol–water partition coefficient (Wildman–Crippen LogP) is 0.296. The molecule has 0 saturated carbocycles. The smallest absolute Gasteiger partial charge is 0.00934 e. The zero-order chi connectivity index (χ0) is 3.54. The van der Waals surface area contributed by atoms with Gasteiger partial charge in [-0.15, -0.1) is 0 Å². The van der Waals surface area contributed by atoms with E-state index >= 15 is 0 Å². The largest absolute Gasteiger partial charge is 0.152 e. The monoisotopic (exact) mass is 116 g/mol. The first kappa shape index (κ1) is 5.92. The Balaban J connectivity index is 0.000000250. The van der Waals surface area contributed by atoms with Crippen LogP contribution in [0.5, 0.6) is 0 Å². The normalized spacial score (nSPS) is 6.67. The summed E-state index contributed by atoms with van der Waals surface area (Å²) in [7, 11) is 0. The van der Waals surface area contributed by atoms with Gasteiger partial charge in [0.05, 0.1) is 0 Å². The second-order valence-electron chi connectivity index (χ2n) is 0.793. The van der Waals surface area contributed by atoms with E-state index in [0.717, 1.165) is 0 Å². The van der Waals surface area contributed by atoms with Crippen molar-refractivity contribution in [1.29, 1.82) is 0 Å². The topological polar surface area (TPSA) is 0 Å². The van der Waals surface area contributed by atoms with Gasteiger partial charge in [0, 0.05) is 0 Å². The molecule has 1 aromatic rings. The molecule has 34 valence electrons. The Morgan fingerprint density at radius 3 is 1.67 bits per heavy atom. The Labute approximate surface area is 45.8 Å². The second kappa shape index (κ2) is 3.12. The van der Waals surface area contributed by atoms with E-state index in [1.54, 1.807) is 11.3 Å². The van der Waals surface area contributed by atoms with Crippen LogP contribution in [0.2, 0.25) is 0 Å². The van der Waals surface area contributed by atoms with Crippen LogP contribution in [0.1, 0.15) is 0 Å². The molecule has 1 aromatic heterocycles. The molecule has 1 heterocycles. The van der Waals surface area contributed by atoms with Gasteiger partial charge < -0.3 is 0 Å². The summed E-state index contributed by atoms with van der Waals surface area (Å²) in [6.45, 7) is 0. The number of thiophene rings is 1. The van der Waals surface area contributed by atoms with Crippen molar-refractivity contribution >= 4 is 22.3 Å². The first-order chi connectivity index (χ1) is 2.50. The van der Waals surface area contributed by atoms with Crippen LogP contribution in [0.15, 0.2) is 22.9 Å². The van der Waals surface area contributed by atoms with Gasteiger partial charge in [-0.25, -0.2) is 0 Å². The van der Waals surface area contributed by atoms with Gasteiger partial charge in [-0.1, -0.05) is 12.1 Å². The van der Waals surface area contributed by atoms with Gasteiger partial charge in [0.15, 0.2) is 0 Å². The molecule has 0 fully saturated rings. The third kappa shape index (κ3) is 1.38. The summed E-state index contributed by atoms with van der Waals surface area (Å²) in [5.74, 6) is 0. The molecule has 0 saturated heterocycles. The van der Waals surface area contributed by atoms with Crippen molar-refractivity contribution < 1.29 is 0 Å². The van der Waals surface area contributed by atoms with Crippen molar-refractivity contribution in [2.45, 2.75) is 0 Å².